The molecule has 3 aliphatic carbocycles. The van der Waals surface area contributed by atoms with Gasteiger partial charge in [0.15, 0.2) is 0 Å². The van der Waals surface area contributed by atoms with Crippen molar-refractivity contribution < 1.29 is 9.22 Å². The van der Waals surface area contributed by atoms with Crippen molar-refractivity contribution in [3.05, 3.63) is 53.1 Å². The van der Waals surface area contributed by atoms with Gasteiger partial charge >= 0.3 is 0 Å². The van der Waals surface area contributed by atoms with E-state index in [1.165, 1.54) is 37.3 Å². The highest BCUT2D eigenvalue weighted by atomic mass is 28.4. The largest absolute Gasteiger partial charge is 0.410 e. The molecule has 0 amide bonds. The van der Waals surface area contributed by atoms with Crippen LogP contribution in [0.15, 0.2) is 53.1 Å². The molecule has 0 unspecified atom stereocenters. The van der Waals surface area contributed by atoms with E-state index in [1.807, 2.05) is 0 Å². The number of allylic oxidation sites excluding steroid dienone is 4. The molecular formula is C29H42O2Si. The summed E-state index contributed by atoms with van der Waals surface area (Å²) in [6, 6.07) is 10.9. The van der Waals surface area contributed by atoms with Crippen LogP contribution < -0.4 is 5.19 Å². The number of carbonyl (C=O) groups is 1. The molecule has 0 N–H and O–H groups in total. The van der Waals surface area contributed by atoms with Crippen molar-refractivity contribution in [3.8, 4) is 0 Å². The number of carbonyl (C=O) groups excluding carboxylic acids is 1. The fourth-order valence-corrected chi connectivity index (χ4v) is 9.49. The first-order chi connectivity index (χ1) is 15.3. The van der Waals surface area contributed by atoms with Crippen LogP contribution in [-0.2, 0) is 9.22 Å². The Kier molecular flexibility index (Phi) is 6.98. The minimum absolute atomic E-state index is 0.301. The highest BCUT2D eigenvalue weighted by molar-refractivity contribution is 6.84. The Morgan fingerprint density at radius 3 is 2.59 bits per heavy atom. The summed E-state index contributed by atoms with van der Waals surface area (Å²) in [7, 11) is -2.02. The quantitative estimate of drug-likeness (QED) is 0.266. The van der Waals surface area contributed by atoms with Crippen LogP contribution >= 0.6 is 0 Å². The summed E-state index contributed by atoms with van der Waals surface area (Å²) in [6.45, 7) is 11.9. The number of rotatable bonds is 6. The number of benzene rings is 1. The van der Waals surface area contributed by atoms with E-state index in [9.17, 15) is 4.79 Å². The van der Waals surface area contributed by atoms with Crippen LogP contribution in [0.3, 0.4) is 0 Å². The van der Waals surface area contributed by atoms with Crippen molar-refractivity contribution in [3.63, 3.8) is 0 Å². The number of hydrogen-bond donors (Lipinski definition) is 0. The maximum Gasteiger partial charge on any atom is 0.218 e. The second kappa shape index (κ2) is 9.42. The molecule has 0 radical (unpaired) electrons. The van der Waals surface area contributed by atoms with Gasteiger partial charge < -0.3 is 9.22 Å². The maximum atomic E-state index is 11.2. The molecule has 32 heavy (non-hydrogen) atoms. The van der Waals surface area contributed by atoms with Crippen molar-refractivity contribution >= 4 is 19.8 Å². The van der Waals surface area contributed by atoms with E-state index in [-0.39, 0.29) is 0 Å². The van der Waals surface area contributed by atoms with Gasteiger partial charge in [-0.05, 0) is 100 Å². The zero-order valence-electron chi connectivity index (χ0n) is 20.8. The normalized spacial score (nSPS) is 34.2. The number of fused-ring (bicyclic) bond motifs is 3. The van der Waals surface area contributed by atoms with E-state index < -0.39 is 8.32 Å². The van der Waals surface area contributed by atoms with Gasteiger partial charge in [0.1, 0.15) is 6.29 Å². The first kappa shape index (κ1) is 23.7. The fourth-order valence-electron chi connectivity index (χ4n) is 7.34. The van der Waals surface area contributed by atoms with Crippen LogP contribution in [0.1, 0.15) is 72.1 Å². The summed E-state index contributed by atoms with van der Waals surface area (Å²) in [5.74, 6) is 1.92. The molecule has 0 bridgehead atoms. The van der Waals surface area contributed by atoms with Crippen molar-refractivity contribution in [2.24, 2.45) is 23.2 Å². The van der Waals surface area contributed by atoms with Crippen molar-refractivity contribution in [2.75, 3.05) is 0 Å². The smallest absolute Gasteiger partial charge is 0.218 e. The van der Waals surface area contributed by atoms with Gasteiger partial charge in [-0.3, -0.25) is 0 Å². The monoisotopic (exact) mass is 450 g/mol. The van der Waals surface area contributed by atoms with E-state index in [0.717, 1.165) is 25.0 Å². The average Bonchev–Trinajstić information content (AvgIpc) is 2.78. The van der Waals surface area contributed by atoms with E-state index in [1.54, 1.807) is 16.7 Å². The van der Waals surface area contributed by atoms with Gasteiger partial charge in [0.05, 0.1) is 0 Å². The predicted molar refractivity (Wildman–Crippen MR) is 136 cm³/mol. The lowest BCUT2D eigenvalue weighted by molar-refractivity contribution is -0.108. The molecule has 174 valence electrons. The molecular weight excluding hydrogens is 408 g/mol. The van der Waals surface area contributed by atoms with Gasteiger partial charge in [-0.25, -0.2) is 0 Å². The molecule has 2 fully saturated rings. The number of aldehydes is 1. The summed E-state index contributed by atoms with van der Waals surface area (Å²) >= 11 is 0. The molecule has 0 saturated heterocycles. The van der Waals surface area contributed by atoms with Gasteiger partial charge in [0, 0.05) is 12.5 Å². The SMILES string of the molecule is C/C=C1\CC[C@@]2(C)[C@@H](C1)[C@H](O[Si](C)(C)c1ccccc1)C[C@H]1C(CCC=O)=C(C)CC[C@@H]12. The minimum Gasteiger partial charge on any atom is -0.410 e. The van der Waals surface area contributed by atoms with E-state index in [2.05, 4.69) is 70.3 Å². The van der Waals surface area contributed by atoms with Crippen molar-refractivity contribution in [1.82, 2.24) is 0 Å². The molecule has 3 heteroatoms. The summed E-state index contributed by atoms with van der Waals surface area (Å²) < 4.78 is 7.25. The van der Waals surface area contributed by atoms with Crippen LogP contribution in [0.2, 0.25) is 13.1 Å². The molecule has 0 aromatic heterocycles. The molecule has 0 aliphatic heterocycles. The highest BCUT2D eigenvalue weighted by Gasteiger charge is 2.56. The predicted octanol–water partition coefficient (Wildman–Crippen LogP) is 6.96. The molecule has 4 rings (SSSR count). The van der Waals surface area contributed by atoms with Gasteiger partial charge in [-0.15, -0.1) is 0 Å². The van der Waals surface area contributed by atoms with Crippen molar-refractivity contribution in [2.45, 2.75) is 91.3 Å². The van der Waals surface area contributed by atoms with Gasteiger partial charge in [0.2, 0.25) is 8.32 Å². The fraction of sp³-hybridized carbons (Fsp3) is 0.621. The zero-order valence-corrected chi connectivity index (χ0v) is 21.8. The Hall–Kier alpha value is -1.45. The van der Waals surface area contributed by atoms with E-state index in [4.69, 9.17) is 4.43 Å². The first-order valence-corrected chi connectivity index (χ1v) is 15.7. The van der Waals surface area contributed by atoms with Crippen LogP contribution in [0, 0.1) is 23.2 Å². The minimum atomic E-state index is -2.02. The van der Waals surface area contributed by atoms with E-state index >= 15 is 0 Å². The third-order valence-corrected chi connectivity index (χ3v) is 11.9. The summed E-state index contributed by atoms with van der Waals surface area (Å²) in [4.78, 5) is 11.2. The van der Waals surface area contributed by atoms with Crippen LogP contribution in [0.5, 0.6) is 0 Å². The Morgan fingerprint density at radius 2 is 1.91 bits per heavy atom. The summed E-state index contributed by atoms with van der Waals surface area (Å²) in [5.41, 5.74) is 5.10. The molecule has 3 aliphatic rings. The lowest BCUT2D eigenvalue weighted by Gasteiger charge is -2.60. The Balaban J connectivity index is 1.70. The van der Waals surface area contributed by atoms with Gasteiger partial charge in [-0.2, -0.15) is 0 Å². The number of hydrogen-bond acceptors (Lipinski definition) is 2. The third kappa shape index (κ3) is 4.35. The van der Waals surface area contributed by atoms with Crippen LogP contribution in [0.4, 0.5) is 0 Å². The standard InChI is InChI=1S/C29H42O2Si/c1-6-22-16-17-29(3)26-15-14-21(2)24(13-10-18-30)25(26)20-28(27(29)19-22)31-32(4,5)23-11-8-7-9-12-23/h6-9,11-12,18,25-28H,10,13-17,19-20H2,1-5H3/b22-6+/t25-,26-,27-,28+,29+/m0/s1. The Morgan fingerprint density at radius 1 is 1.16 bits per heavy atom. The molecule has 2 saturated carbocycles. The maximum absolute atomic E-state index is 11.2. The second-order valence-electron chi connectivity index (χ2n) is 11.3. The zero-order chi connectivity index (χ0) is 22.9. The second-order valence-corrected chi connectivity index (χ2v) is 15.1. The lowest BCUT2D eigenvalue weighted by Crippen LogP contribution is -2.58. The molecule has 0 spiro atoms. The average molecular weight is 451 g/mol. The van der Waals surface area contributed by atoms with Crippen LogP contribution in [-0.4, -0.2) is 20.7 Å². The van der Waals surface area contributed by atoms with Gasteiger partial charge in [0.25, 0.3) is 0 Å². The first-order valence-electron chi connectivity index (χ1n) is 12.8. The summed E-state index contributed by atoms with van der Waals surface area (Å²) in [6.07, 6.45) is 12.8. The third-order valence-electron chi connectivity index (χ3n) is 9.26. The Bertz CT molecular complexity index is 884. The summed E-state index contributed by atoms with van der Waals surface area (Å²) in [5, 5.41) is 1.39. The molecule has 1 aromatic carbocycles. The molecule has 2 nitrogen and oxygen atoms in total. The van der Waals surface area contributed by atoms with Gasteiger partial charge in [-0.1, -0.05) is 60.1 Å². The topological polar surface area (TPSA) is 26.3 Å². The highest BCUT2D eigenvalue weighted by Crippen LogP contribution is 2.61. The van der Waals surface area contributed by atoms with Crippen LogP contribution in [0.25, 0.3) is 0 Å². The van der Waals surface area contributed by atoms with Crippen molar-refractivity contribution in [1.29, 1.82) is 0 Å². The lowest BCUT2D eigenvalue weighted by atomic mass is 9.48. The van der Waals surface area contributed by atoms with E-state index in [0.29, 0.717) is 29.8 Å². The molecule has 1 aromatic rings. The molecule has 0 heterocycles. The Labute approximate surface area is 196 Å². The molecule has 5 atom stereocenters.